The number of carbonyl (C=O) groups is 1. The van der Waals surface area contributed by atoms with Gasteiger partial charge in [-0.05, 0) is 43.3 Å². The summed E-state index contributed by atoms with van der Waals surface area (Å²) in [7, 11) is 0. The van der Waals surface area contributed by atoms with Gasteiger partial charge in [0.05, 0.1) is 18.0 Å². The maximum absolute atomic E-state index is 13.7. The molecule has 0 saturated heterocycles. The number of hydrogen-bond donors (Lipinski definition) is 1. The van der Waals surface area contributed by atoms with E-state index in [1.165, 1.54) is 35.1 Å². The number of nitrogens with zero attached hydrogens (tertiary/aromatic N) is 2. The van der Waals surface area contributed by atoms with E-state index >= 15 is 0 Å². The minimum atomic E-state index is -0.777. The van der Waals surface area contributed by atoms with E-state index in [-0.39, 0.29) is 11.4 Å². The van der Waals surface area contributed by atoms with Crippen molar-refractivity contribution in [1.82, 2.24) is 9.78 Å². The molecule has 3 aromatic rings. The quantitative estimate of drug-likeness (QED) is 0.765. The number of nitrogens with one attached hydrogen (secondary N) is 1. The van der Waals surface area contributed by atoms with E-state index in [2.05, 4.69) is 10.4 Å². The molecule has 26 heavy (non-hydrogen) atoms. The fraction of sp³-hybridized carbons (Fsp3) is 0.105. The Labute approximate surface area is 148 Å². The molecule has 0 bridgehead atoms. The molecule has 1 heterocycles. The molecule has 132 valence electrons. The Kier molecular flexibility index (Phi) is 5.07. The molecule has 1 N–H and O–H groups in total. The second-order valence-electron chi connectivity index (χ2n) is 5.33. The average Bonchev–Trinajstić information content (AvgIpc) is 2.65. The highest BCUT2D eigenvalue weighted by molar-refractivity contribution is 6.02. The smallest absolute Gasteiger partial charge is 0.280 e. The Morgan fingerprint density at radius 1 is 1.15 bits per heavy atom. The Morgan fingerprint density at radius 2 is 1.88 bits per heavy atom. The first kappa shape index (κ1) is 17.3. The second-order valence-corrected chi connectivity index (χ2v) is 5.33. The molecule has 0 radical (unpaired) electrons. The topological polar surface area (TPSA) is 73.2 Å². The number of para-hydroxylation sites is 1. The molecule has 0 saturated carbocycles. The molecule has 0 spiro atoms. The fourth-order valence-corrected chi connectivity index (χ4v) is 2.31. The van der Waals surface area contributed by atoms with Gasteiger partial charge in [0.25, 0.3) is 5.91 Å². The van der Waals surface area contributed by atoms with Gasteiger partial charge in [0.15, 0.2) is 5.69 Å². The third kappa shape index (κ3) is 3.77. The van der Waals surface area contributed by atoms with Gasteiger partial charge in [-0.2, -0.15) is 5.10 Å². The monoisotopic (exact) mass is 353 g/mol. The van der Waals surface area contributed by atoms with Crippen LogP contribution in [0.3, 0.4) is 0 Å². The summed E-state index contributed by atoms with van der Waals surface area (Å²) in [5, 5.41) is 6.43. The van der Waals surface area contributed by atoms with Gasteiger partial charge >= 0.3 is 0 Å². The lowest BCUT2D eigenvalue weighted by Gasteiger charge is -2.09. The van der Waals surface area contributed by atoms with E-state index < -0.39 is 17.2 Å². The predicted molar refractivity (Wildman–Crippen MR) is 95.4 cm³/mol. The molecule has 0 aliphatic heterocycles. The van der Waals surface area contributed by atoms with Crippen molar-refractivity contribution in [2.24, 2.45) is 0 Å². The third-order valence-corrected chi connectivity index (χ3v) is 3.56. The highest BCUT2D eigenvalue weighted by Gasteiger charge is 2.15. The fourth-order valence-electron chi connectivity index (χ4n) is 2.31. The zero-order valence-corrected chi connectivity index (χ0v) is 14.0. The molecular weight excluding hydrogens is 337 g/mol. The molecule has 0 aliphatic carbocycles. The summed E-state index contributed by atoms with van der Waals surface area (Å²) in [6.45, 7) is 2.44. The molecule has 0 aliphatic rings. The van der Waals surface area contributed by atoms with Crippen molar-refractivity contribution >= 4 is 11.6 Å². The summed E-state index contributed by atoms with van der Waals surface area (Å²) in [4.78, 5) is 24.3. The van der Waals surface area contributed by atoms with Crippen molar-refractivity contribution in [1.29, 1.82) is 0 Å². The molecule has 0 unspecified atom stereocenters. The third-order valence-electron chi connectivity index (χ3n) is 3.56. The van der Waals surface area contributed by atoms with Crippen molar-refractivity contribution < 1.29 is 13.9 Å². The van der Waals surface area contributed by atoms with Gasteiger partial charge in [-0.15, -0.1) is 0 Å². The number of carbonyl (C=O) groups excluding carboxylic acids is 1. The van der Waals surface area contributed by atoms with Crippen LogP contribution in [0.2, 0.25) is 0 Å². The molecule has 2 aromatic carbocycles. The summed E-state index contributed by atoms with van der Waals surface area (Å²) in [6, 6.07) is 14.0. The highest BCUT2D eigenvalue weighted by atomic mass is 19.1. The van der Waals surface area contributed by atoms with E-state index in [1.807, 2.05) is 6.92 Å². The Morgan fingerprint density at radius 3 is 2.58 bits per heavy atom. The number of benzene rings is 2. The molecule has 7 heteroatoms. The van der Waals surface area contributed by atoms with Crippen LogP contribution in [0.5, 0.6) is 5.75 Å². The van der Waals surface area contributed by atoms with E-state index in [0.717, 1.165) is 0 Å². The summed E-state index contributed by atoms with van der Waals surface area (Å²) < 4.78 is 20.5. The normalized spacial score (nSPS) is 10.4. The molecule has 0 atom stereocenters. The highest BCUT2D eigenvalue weighted by Crippen LogP contribution is 2.15. The average molecular weight is 353 g/mol. The van der Waals surface area contributed by atoms with Gasteiger partial charge in [0, 0.05) is 12.3 Å². The van der Waals surface area contributed by atoms with Crippen molar-refractivity contribution in [3.8, 4) is 11.4 Å². The van der Waals surface area contributed by atoms with Gasteiger partial charge in [-0.3, -0.25) is 9.59 Å². The number of halogens is 1. The van der Waals surface area contributed by atoms with Crippen LogP contribution in [0.4, 0.5) is 10.1 Å². The van der Waals surface area contributed by atoms with Crippen LogP contribution >= 0.6 is 0 Å². The first-order valence-electron chi connectivity index (χ1n) is 7.97. The SMILES string of the molecule is CCOc1ccc(-n2ccc(=O)c(C(=O)Nc3ccccc3F)n2)cc1. The lowest BCUT2D eigenvalue weighted by Crippen LogP contribution is -2.25. The van der Waals surface area contributed by atoms with Crippen molar-refractivity contribution in [2.75, 3.05) is 11.9 Å². The predicted octanol–water partition coefficient (Wildman–Crippen LogP) is 3.02. The van der Waals surface area contributed by atoms with Crippen LogP contribution in [0.15, 0.2) is 65.6 Å². The van der Waals surface area contributed by atoms with Gasteiger partial charge in [0.1, 0.15) is 11.6 Å². The largest absolute Gasteiger partial charge is 0.494 e. The Hall–Kier alpha value is -3.48. The standard InChI is InChI=1S/C19H16FN3O3/c1-2-26-14-9-7-13(8-10-14)23-12-11-17(24)18(22-23)19(25)21-16-6-4-3-5-15(16)20/h3-12H,2H2,1H3,(H,21,25). The number of ether oxygens (including phenoxy) is 1. The van der Waals surface area contributed by atoms with Crippen LogP contribution in [0.1, 0.15) is 17.4 Å². The summed E-state index contributed by atoms with van der Waals surface area (Å²) in [6.07, 6.45) is 1.46. The zero-order chi connectivity index (χ0) is 18.5. The molecule has 1 aromatic heterocycles. The maximum Gasteiger partial charge on any atom is 0.280 e. The molecule has 0 fully saturated rings. The minimum Gasteiger partial charge on any atom is -0.494 e. The van der Waals surface area contributed by atoms with Crippen LogP contribution in [0, 0.1) is 5.82 Å². The van der Waals surface area contributed by atoms with Crippen LogP contribution in [-0.4, -0.2) is 22.3 Å². The molecule has 6 nitrogen and oxygen atoms in total. The van der Waals surface area contributed by atoms with Crippen molar-refractivity contribution in [3.05, 3.63) is 82.5 Å². The van der Waals surface area contributed by atoms with Gasteiger partial charge in [-0.25, -0.2) is 9.07 Å². The van der Waals surface area contributed by atoms with E-state index in [1.54, 1.807) is 30.3 Å². The summed E-state index contributed by atoms with van der Waals surface area (Å²) >= 11 is 0. The first-order chi connectivity index (χ1) is 12.6. The number of rotatable bonds is 5. The lowest BCUT2D eigenvalue weighted by molar-refractivity contribution is 0.101. The number of amides is 1. The zero-order valence-electron chi connectivity index (χ0n) is 14.0. The van der Waals surface area contributed by atoms with E-state index in [9.17, 15) is 14.0 Å². The van der Waals surface area contributed by atoms with Crippen molar-refractivity contribution in [2.45, 2.75) is 6.92 Å². The van der Waals surface area contributed by atoms with Crippen LogP contribution in [0.25, 0.3) is 5.69 Å². The minimum absolute atomic E-state index is 0.0184. The van der Waals surface area contributed by atoms with Gasteiger partial charge < -0.3 is 10.1 Å². The maximum atomic E-state index is 13.7. The number of hydrogen-bond acceptors (Lipinski definition) is 4. The number of aromatic nitrogens is 2. The Bertz CT molecular complexity index is 984. The summed E-state index contributed by atoms with van der Waals surface area (Å²) in [5.74, 6) is -0.668. The molecule has 1 amide bonds. The summed E-state index contributed by atoms with van der Waals surface area (Å²) in [5.41, 5.74) is -0.255. The van der Waals surface area contributed by atoms with Crippen LogP contribution < -0.4 is 15.5 Å². The van der Waals surface area contributed by atoms with E-state index in [0.29, 0.717) is 18.0 Å². The second kappa shape index (κ2) is 7.60. The first-order valence-corrected chi connectivity index (χ1v) is 7.97. The van der Waals surface area contributed by atoms with Crippen molar-refractivity contribution in [3.63, 3.8) is 0 Å². The lowest BCUT2D eigenvalue weighted by atomic mass is 10.2. The molecular formula is C19H16FN3O3. The van der Waals surface area contributed by atoms with Gasteiger partial charge in [0.2, 0.25) is 5.43 Å². The van der Waals surface area contributed by atoms with Crippen LogP contribution in [-0.2, 0) is 0 Å². The van der Waals surface area contributed by atoms with E-state index in [4.69, 9.17) is 4.74 Å². The number of anilines is 1. The molecule has 3 rings (SSSR count). The Balaban J connectivity index is 1.89. The van der Waals surface area contributed by atoms with Gasteiger partial charge in [-0.1, -0.05) is 12.1 Å².